The van der Waals surface area contributed by atoms with Crippen LogP contribution in [0.25, 0.3) is 44.4 Å². The number of ether oxygens (including phenoxy) is 4. The number of fused-ring (bicyclic) bond motifs is 10. The first kappa shape index (κ1) is 86.2. The SMILES string of the molecule is CCN(CC)CC.CCN(CC)CC.Nc1ncnc2c1ncn2[C@@H]1O[C@@H]2COP(=O)(O)O[C@@H]3[C@H](O)[C@@H](COP(=O)(S)O[C@H]2[C@H]1F)O[C@H]3n1cc(F)c2c(=O)[nH]cnc21.Nc1ncnc2c1ncn2[C@@H]1O[C@@H]2COP(=O)(O)O[C@@H]3[C@H](O)[C@@H](COP(O)(=S)O[C@H]2[C@H]1F)O[C@H]3n1cc(F)c2c(=O)[nH]cnc21.[Na+].[Na+]. The second-order valence-electron chi connectivity index (χ2n) is 23.5. The van der Waals surface area contributed by atoms with Crippen molar-refractivity contribution in [3.05, 3.63) is 82.7 Å². The number of thiol groups is 1. The van der Waals surface area contributed by atoms with Gasteiger partial charge in [0, 0.05) is 12.4 Å². The van der Waals surface area contributed by atoms with Crippen LogP contribution in [0.2, 0.25) is 0 Å². The van der Waals surface area contributed by atoms with Gasteiger partial charge in [0.05, 0.1) is 51.7 Å². The zero-order valence-corrected chi connectivity index (χ0v) is 67.0. The first-order valence-electron chi connectivity index (χ1n) is 32.0. The summed E-state index contributed by atoms with van der Waals surface area (Å²) in [5.41, 5.74) is 9.97. The smallest absolute Gasteiger partial charge is 0.387 e. The van der Waals surface area contributed by atoms with Gasteiger partial charge in [-0.2, -0.15) is 0 Å². The molecule has 14 rings (SSSR count). The quantitative estimate of drug-likeness (QED) is 0.0289. The first-order valence-corrected chi connectivity index (χ1v) is 40.3. The van der Waals surface area contributed by atoms with E-state index in [2.05, 4.69) is 113 Å². The molecule has 0 spiro atoms. The maximum absolute atomic E-state index is 16.0. The minimum atomic E-state index is -5.16. The van der Waals surface area contributed by atoms with Crippen molar-refractivity contribution >= 4 is 109 Å². The van der Waals surface area contributed by atoms with Gasteiger partial charge in [-0.05, 0) is 51.1 Å². The van der Waals surface area contributed by atoms with E-state index >= 15 is 8.78 Å². The van der Waals surface area contributed by atoms with Gasteiger partial charge in [0.15, 0.2) is 83.1 Å². The summed E-state index contributed by atoms with van der Waals surface area (Å²) in [5, 5.41) is 21.1. The number of aliphatic hydroxyl groups is 2. The van der Waals surface area contributed by atoms with Crippen molar-refractivity contribution in [2.45, 2.75) is 140 Å². The summed E-state index contributed by atoms with van der Waals surface area (Å²) in [6, 6.07) is 0. The van der Waals surface area contributed by atoms with Crippen LogP contribution in [-0.2, 0) is 80.6 Å². The molecule has 0 radical (unpaired) electrons. The zero-order chi connectivity index (χ0) is 75.1. The topological polar surface area (TPSA) is 510 Å². The number of phosphoric ester groups is 2. The second-order valence-corrected chi connectivity index (χ2v) is 32.0. The maximum atomic E-state index is 16.0. The fourth-order valence-corrected chi connectivity index (χ4v) is 16.9. The Balaban J connectivity index is 0.000000204. The third kappa shape index (κ3) is 18.6. The number of nitrogens with two attached hydrogens (primary N) is 2. The molecule has 6 saturated heterocycles. The van der Waals surface area contributed by atoms with Gasteiger partial charge in [0.25, 0.3) is 11.1 Å². The van der Waals surface area contributed by atoms with Crippen molar-refractivity contribution < 1.29 is 170 Å². The number of halogens is 4. The van der Waals surface area contributed by atoms with Crippen molar-refractivity contribution in [3.63, 3.8) is 0 Å². The molecule has 4 unspecified atom stereocenters. The summed E-state index contributed by atoms with van der Waals surface area (Å²) in [7, 11) is -10.3. The van der Waals surface area contributed by atoms with Gasteiger partial charge < -0.3 is 88.7 Å². The Bertz CT molecular complexity index is 4400. The molecule has 6 aliphatic heterocycles. The fourth-order valence-electron chi connectivity index (χ4n) is 12.1. The molecule has 20 atom stereocenters. The maximum Gasteiger partial charge on any atom is 1.00 e. The van der Waals surface area contributed by atoms with Crippen LogP contribution in [0.5, 0.6) is 0 Å². The Morgan fingerprint density at radius 2 is 0.896 bits per heavy atom. The second kappa shape index (κ2) is 35.9. The van der Waals surface area contributed by atoms with E-state index in [4.69, 9.17) is 78.4 Å². The minimum Gasteiger partial charge on any atom is -0.387 e. The third-order valence-electron chi connectivity index (χ3n) is 17.5. The van der Waals surface area contributed by atoms with Crippen molar-refractivity contribution in [2.75, 3.05) is 77.2 Å². The van der Waals surface area contributed by atoms with Gasteiger partial charge >= 0.3 is 88.3 Å². The van der Waals surface area contributed by atoms with Gasteiger partial charge in [-0.1, -0.05) is 53.8 Å². The number of aromatic amines is 2. The number of imidazole rings is 2. The number of hydrogen-bond acceptors (Lipinski definition) is 32. The average Bonchev–Trinajstić information content (AvgIpc) is 1.93. The number of aliphatic hydroxyl groups excluding tert-OH is 2. The Labute approximate surface area is 652 Å². The predicted molar refractivity (Wildman–Crippen MR) is 361 cm³/mol. The molecule has 0 aliphatic carbocycles. The number of H-pyrrole nitrogens is 2. The monoisotopic (exact) mass is 1640 g/mol. The molecule has 572 valence electrons. The van der Waals surface area contributed by atoms with E-state index in [-0.39, 0.29) is 104 Å². The number of aromatic nitrogens is 14. The average molecular weight is 1640 g/mol. The molecule has 8 aromatic rings. The molecule has 6 aliphatic rings. The first-order chi connectivity index (χ1) is 49.4. The third-order valence-corrected chi connectivity index (χ3v) is 22.6. The van der Waals surface area contributed by atoms with Crippen LogP contribution in [0, 0.1) is 11.6 Å². The van der Waals surface area contributed by atoms with Gasteiger partial charge in [0.1, 0.15) is 95.5 Å². The van der Waals surface area contributed by atoms with E-state index in [1.807, 2.05) is 0 Å². The Kier molecular flexibility index (Phi) is 29.2. The van der Waals surface area contributed by atoms with Gasteiger partial charge in [-0.25, -0.2) is 71.1 Å². The van der Waals surface area contributed by atoms with Crippen molar-refractivity contribution in [1.29, 1.82) is 0 Å². The van der Waals surface area contributed by atoms with E-state index in [1.165, 1.54) is 61.1 Å². The summed E-state index contributed by atoms with van der Waals surface area (Å²) in [6.07, 6.45) is -18.6. The Hall–Kier alpha value is -3.81. The largest absolute Gasteiger partial charge is 1.00 e. The number of rotatable bonds is 10. The molecule has 0 amide bonds. The Morgan fingerprint density at radius 1 is 0.528 bits per heavy atom. The molecule has 14 heterocycles. The number of hydrogen-bond donors (Lipinski definition) is 10. The Morgan fingerprint density at radius 3 is 1.28 bits per heavy atom. The van der Waals surface area contributed by atoms with Crippen LogP contribution in [-0.4, -0.2) is 242 Å². The van der Waals surface area contributed by atoms with Crippen molar-refractivity contribution in [1.82, 2.24) is 77.9 Å². The summed E-state index contributed by atoms with van der Waals surface area (Å²) in [4.78, 5) is 97.5. The summed E-state index contributed by atoms with van der Waals surface area (Å²) in [5.74, 6) is -1.99. The van der Waals surface area contributed by atoms with E-state index in [0.717, 1.165) is 46.8 Å². The molecule has 0 aromatic carbocycles. The van der Waals surface area contributed by atoms with Crippen molar-refractivity contribution in [3.8, 4) is 0 Å². The molecule has 106 heavy (non-hydrogen) atoms. The molecule has 8 aromatic heterocycles. The minimum absolute atomic E-state index is 0. The summed E-state index contributed by atoms with van der Waals surface area (Å²) < 4.78 is 171. The molecule has 40 nitrogen and oxygen atoms in total. The van der Waals surface area contributed by atoms with Crippen LogP contribution in [0.1, 0.15) is 66.5 Å². The van der Waals surface area contributed by atoms with Gasteiger partial charge in [-0.15, -0.1) is 0 Å². The number of phosphoric acid groups is 2. The number of nitrogen functional groups attached to an aromatic ring is 2. The number of alkyl halides is 2. The fraction of sp³-hybridized carbons (Fsp3) is 0.593. The molecule has 4 bridgehead atoms. The molecule has 0 saturated carbocycles. The van der Waals surface area contributed by atoms with Gasteiger partial charge in [-0.3, -0.25) is 50.4 Å². The van der Waals surface area contributed by atoms with Crippen LogP contribution in [0.15, 0.2) is 59.9 Å². The van der Waals surface area contributed by atoms with Crippen LogP contribution in [0.4, 0.5) is 29.2 Å². The van der Waals surface area contributed by atoms with E-state index in [1.54, 1.807) is 0 Å². The normalized spacial score (nSPS) is 33.4. The molecular weight excluding hydrogens is 1560 g/mol. The number of nitrogens with zero attached hydrogens (tertiary/aromatic N) is 14. The van der Waals surface area contributed by atoms with E-state index in [0.29, 0.717) is 0 Å². The van der Waals surface area contributed by atoms with Crippen LogP contribution >= 0.6 is 41.4 Å². The summed E-state index contributed by atoms with van der Waals surface area (Å²) >= 11 is 9.03. The molecule has 11 N–H and O–H groups in total. The van der Waals surface area contributed by atoms with Crippen molar-refractivity contribution in [2.24, 2.45) is 0 Å². The molecular formula is C54H74F4N18Na2O22P4S2+2. The molecule has 52 heteroatoms. The van der Waals surface area contributed by atoms with Crippen LogP contribution in [0.3, 0.4) is 0 Å². The van der Waals surface area contributed by atoms with E-state index in [9.17, 15) is 57.0 Å². The summed E-state index contributed by atoms with van der Waals surface area (Å²) in [6.45, 7) is 8.27. The number of nitrogens with one attached hydrogen (secondary N) is 2. The molecule has 6 fully saturated rings. The van der Waals surface area contributed by atoms with Crippen LogP contribution < -0.4 is 81.7 Å². The van der Waals surface area contributed by atoms with Gasteiger partial charge in [0.2, 0.25) is 0 Å². The standard InChI is InChI=1S/2C21H22F2N8O11P2S.2C6H15N.2Na/c2*22-7-1-30(17-10(7)19(33)28-5-26-17)21-15-13(32)8(39-21)2-38-44(36,45)42-14-9(3-37-43(34,35)41-15)40-20(11(14)23)31-6-29-12-16(24)25-4-27-18(12)31;2*1-4-7(5-2)6-3;;/h2*1,4-6,8-9,11,13-15,20-21,32H,2-3H2,(H,34,35)(H,36,45)(H2,24,25,27)(H,26,28,33);2*4-6H2,1-3H3;;/q;;;;2*+1/t2*8-,9-,11-,13-,14-,15-,20-,21-,44?;;;;/m11..../s1. The number of anilines is 2. The predicted octanol–water partition coefficient (Wildman–Crippen LogP) is -2.65. The zero-order valence-electron chi connectivity index (χ0n) is 57.7. The van der Waals surface area contributed by atoms with E-state index < -0.39 is 187 Å².